The molecule has 1 heterocycles. The second kappa shape index (κ2) is 4.35. The number of rotatable bonds is 2. The van der Waals surface area contributed by atoms with Crippen LogP contribution in [0.3, 0.4) is 0 Å². The molecule has 0 aliphatic heterocycles. The Morgan fingerprint density at radius 1 is 1.71 bits per heavy atom. The van der Waals surface area contributed by atoms with Gasteiger partial charge in [-0.05, 0) is 30.9 Å². The number of aryl methyl sites for hydroxylation is 1. The third-order valence-corrected chi connectivity index (χ3v) is 3.87. The van der Waals surface area contributed by atoms with E-state index in [1.54, 1.807) is 11.3 Å². The van der Waals surface area contributed by atoms with E-state index in [0.29, 0.717) is 12.6 Å². The Morgan fingerprint density at radius 3 is 3.36 bits per heavy atom. The summed E-state index contributed by atoms with van der Waals surface area (Å²) < 4.78 is 0.893. The van der Waals surface area contributed by atoms with Gasteiger partial charge in [0.05, 0.1) is 10.9 Å². The average Bonchev–Trinajstić information content (AvgIpc) is 2.55. The summed E-state index contributed by atoms with van der Waals surface area (Å²) in [6, 6.07) is 2.49. The molecule has 1 unspecified atom stereocenters. The minimum Gasteiger partial charge on any atom is -0.299 e. The molecule has 14 heavy (non-hydrogen) atoms. The lowest BCUT2D eigenvalue weighted by atomic mass is 9.94. The maximum absolute atomic E-state index is 6.00. The Hall–Kier alpha value is -0.490. The molecule has 1 N–H and O–H groups in total. The SMILES string of the molecule is C#CCNC1CCCc2sc(Cl)cc21. The minimum absolute atomic E-state index is 0.415. The molecule has 3 heteroatoms. The quantitative estimate of drug-likeness (QED) is 0.764. The number of terminal acetylenes is 1. The van der Waals surface area contributed by atoms with Gasteiger partial charge in [-0.2, -0.15) is 0 Å². The zero-order valence-electron chi connectivity index (χ0n) is 7.85. The Morgan fingerprint density at radius 2 is 2.57 bits per heavy atom. The summed E-state index contributed by atoms with van der Waals surface area (Å²) >= 11 is 7.70. The molecule has 1 aromatic rings. The maximum atomic E-state index is 6.00. The Kier molecular flexibility index (Phi) is 3.12. The third-order valence-electron chi connectivity index (χ3n) is 2.53. The van der Waals surface area contributed by atoms with Gasteiger partial charge in [0.25, 0.3) is 0 Å². The van der Waals surface area contributed by atoms with E-state index in [9.17, 15) is 0 Å². The highest BCUT2D eigenvalue weighted by Crippen LogP contribution is 2.37. The van der Waals surface area contributed by atoms with Crippen LogP contribution in [0.5, 0.6) is 0 Å². The summed E-state index contributed by atoms with van der Waals surface area (Å²) in [5, 5.41) is 3.35. The molecule has 1 aliphatic carbocycles. The fourth-order valence-corrected chi connectivity index (χ4v) is 3.30. The van der Waals surface area contributed by atoms with E-state index in [2.05, 4.69) is 17.3 Å². The zero-order valence-corrected chi connectivity index (χ0v) is 9.42. The number of thiophene rings is 1. The van der Waals surface area contributed by atoms with Gasteiger partial charge in [-0.25, -0.2) is 0 Å². The lowest BCUT2D eigenvalue weighted by Crippen LogP contribution is -2.24. The molecule has 0 radical (unpaired) electrons. The lowest BCUT2D eigenvalue weighted by Gasteiger charge is -2.22. The third kappa shape index (κ3) is 1.95. The first-order chi connectivity index (χ1) is 6.81. The summed E-state index contributed by atoms with van der Waals surface area (Å²) in [5.41, 5.74) is 1.36. The molecule has 1 nitrogen and oxygen atoms in total. The summed E-state index contributed by atoms with van der Waals surface area (Å²) in [5.74, 6) is 2.61. The summed E-state index contributed by atoms with van der Waals surface area (Å²) in [4.78, 5) is 1.43. The fraction of sp³-hybridized carbons (Fsp3) is 0.455. The molecule has 1 atom stereocenters. The van der Waals surface area contributed by atoms with Gasteiger partial charge < -0.3 is 0 Å². The van der Waals surface area contributed by atoms with Crippen molar-refractivity contribution in [1.82, 2.24) is 5.32 Å². The number of hydrogen-bond donors (Lipinski definition) is 1. The van der Waals surface area contributed by atoms with Crippen LogP contribution < -0.4 is 5.32 Å². The number of nitrogens with one attached hydrogen (secondary N) is 1. The van der Waals surface area contributed by atoms with Crippen molar-refractivity contribution in [2.75, 3.05) is 6.54 Å². The molecule has 1 aromatic heterocycles. The lowest BCUT2D eigenvalue weighted by molar-refractivity contribution is 0.488. The topological polar surface area (TPSA) is 12.0 Å². The monoisotopic (exact) mass is 225 g/mol. The first-order valence-electron chi connectivity index (χ1n) is 4.76. The zero-order chi connectivity index (χ0) is 9.97. The summed E-state index contributed by atoms with van der Waals surface area (Å²) in [6.45, 7) is 0.636. The first kappa shape index (κ1) is 10.0. The van der Waals surface area contributed by atoms with Crippen LogP contribution in [0.1, 0.15) is 29.3 Å². The van der Waals surface area contributed by atoms with Crippen molar-refractivity contribution in [2.24, 2.45) is 0 Å². The average molecular weight is 226 g/mol. The smallest absolute Gasteiger partial charge is 0.0934 e. The van der Waals surface area contributed by atoms with E-state index in [1.165, 1.54) is 29.7 Å². The number of hydrogen-bond acceptors (Lipinski definition) is 2. The molecule has 2 rings (SSSR count). The Bertz CT molecular complexity index is 364. The molecule has 0 saturated carbocycles. The van der Waals surface area contributed by atoms with E-state index >= 15 is 0 Å². The highest BCUT2D eigenvalue weighted by molar-refractivity contribution is 7.16. The molecule has 0 aromatic carbocycles. The van der Waals surface area contributed by atoms with Crippen LogP contribution in [0.2, 0.25) is 4.34 Å². The Labute approximate surface area is 93.5 Å². The summed E-state index contributed by atoms with van der Waals surface area (Å²) in [6.07, 6.45) is 8.80. The van der Waals surface area contributed by atoms with Crippen molar-refractivity contribution >= 4 is 22.9 Å². The van der Waals surface area contributed by atoms with Gasteiger partial charge in [0.2, 0.25) is 0 Å². The predicted molar refractivity (Wildman–Crippen MR) is 61.8 cm³/mol. The second-order valence-corrected chi connectivity index (χ2v) is 5.23. The normalized spacial score (nSPS) is 20.1. The van der Waals surface area contributed by atoms with Crippen molar-refractivity contribution in [1.29, 1.82) is 0 Å². The standard InChI is InChI=1S/C11H12ClNS/c1-2-6-13-9-4-3-5-10-8(9)7-11(12)14-10/h1,7,9,13H,3-6H2. The maximum Gasteiger partial charge on any atom is 0.0934 e. The van der Waals surface area contributed by atoms with Crippen LogP contribution in [0, 0.1) is 12.3 Å². The highest BCUT2D eigenvalue weighted by atomic mass is 35.5. The van der Waals surface area contributed by atoms with Crippen LogP contribution in [0.4, 0.5) is 0 Å². The molecule has 1 aliphatic rings. The van der Waals surface area contributed by atoms with Crippen molar-refractivity contribution < 1.29 is 0 Å². The molecule has 0 amide bonds. The van der Waals surface area contributed by atoms with Gasteiger partial charge in [0, 0.05) is 10.9 Å². The minimum atomic E-state index is 0.415. The number of halogens is 1. The largest absolute Gasteiger partial charge is 0.299 e. The Balaban J connectivity index is 2.18. The second-order valence-electron chi connectivity index (χ2n) is 3.46. The highest BCUT2D eigenvalue weighted by Gasteiger charge is 2.21. The molecular weight excluding hydrogens is 214 g/mol. The fourth-order valence-electron chi connectivity index (χ4n) is 1.92. The van der Waals surface area contributed by atoms with Crippen LogP contribution in [0.25, 0.3) is 0 Å². The van der Waals surface area contributed by atoms with Gasteiger partial charge in [-0.3, -0.25) is 5.32 Å². The van der Waals surface area contributed by atoms with Crippen LogP contribution in [-0.4, -0.2) is 6.54 Å². The van der Waals surface area contributed by atoms with Gasteiger partial charge >= 0.3 is 0 Å². The number of fused-ring (bicyclic) bond motifs is 1. The van der Waals surface area contributed by atoms with E-state index < -0.39 is 0 Å². The molecular formula is C11H12ClNS. The first-order valence-corrected chi connectivity index (χ1v) is 5.95. The molecule has 0 fully saturated rings. The molecule has 74 valence electrons. The van der Waals surface area contributed by atoms with Gasteiger partial charge in [0.15, 0.2) is 0 Å². The van der Waals surface area contributed by atoms with Crippen molar-refractivity contribution in [3.05, 3.63) is 20.8 Å². The predicted octanol–water partition coefficient (Wildman–Crippen LogP) is 3.00. The summed E-state index contributed by atoms with van der Waals surface area (Å²) in [7, 11) is 0. The molecule has 0 bridgehead atoms. The van der Waals surface area contributed by atoms with E-state index in [0.717, 1.165) is 4.34 Å². The molecule has 0 saturated heterocycles. The van der Waals surface area contributed by atoms with E-state index in [4.69, 9.17) is 18.0 Å². The van der Waals surface area contributed by atoms with Crippen molar-refractivity contribution in [3.8, 4) is 12.3 Å². The van der Waals surface area contributed by atoms with Crippen molar-refractivity contribution in [2.45, 2.75) is 25.3 Å². The molecule has 0 spiro atoms. The van der Waals surface area contributed by atoms with Crippen molar-refractivity contribution in [3.63, 3.8) is 0 Å². The van der Waals surface area contributed by atoms with E-state index in [1.807, 2.05) is 0 Å². The van der Waals surface area contributed by atoms with E-state index in [-0.39, 0.29) is 0 Å². The van der Waals surface area contributed by atoms with Crippen LogP contribution >= 0.6 is 22.9 Å². The van der Waals surface area contributed by atoms with Crippen LogP contribution in [0.15, 0.2) is 6.07 Å². The van der Waals surface area contributed by atoms with Gasteiger partial charge in [0.1, 0.15) is 0 Å². The van der Waals surface area contributed by atoms with Gasteiger partial charge in [-0.15, -0.1) is 17.8 Å². The van der Waals surface area contributed by atoms with Crippen LogP contribution in [-0.2, 0) is 6.42 Å². The van der Waals surface area contributed by atoms with Gasteiger partial charge in [-0.1, -0.05) is 17.5 Å².